The molecule has 0 radical (unpaired) electrons. The molecule has 8 heteroatoms. The highest BCUT2D eigenvalue weighted by Gasteiger charge is 2.27. The van der Waals surface area contributed by atoms with Crippen LogP contribution in [0.3, 0.4) is 0 Å². The number of rotatable bonds is 4. The topological polar surface area (TPSA) is 60.6 Å². The third kappa shape index (κ3) is 4.05. The molecule has 5 rings (SSSR count). The maximum atomic E-state index is 13.5. The Hall–Kier alpha value is -2.48. The molecule has 0 aliphatic carbocycles. The molecular formula is C22H21ClFN3O3. The summed E-state index contributed by atoms with van der Waals surface area (Å²) < 4.78 is 30.2. The zero-order valence-electron chi connectivity index (χ0n) is 16.3. The molecule has 2 aliphatic heterocycles. The molecule has 1 fully saturated rings. The Kier molecular flexibility index (Phi) is 5.41. The number of piperidine rings is 1. The lowest BCUT2D eigenvalue weighted by Crippen LogP contribution is -2.34. The fraction of sp³-hybridized carbons (Fsp3) is 0.364. The molecule has 1 atom stereocenters. The summed E-state index contributed by atoms with van der Waals surface area (Å²) in [7, 11) is 0. The van der Waals surface area contributed by atoms with Crippen molar-refractivity contribution in [2.45, 2.75) is 31.9 Å². The fourth-order valence-electron chi connectivity index (χ4n) is 4.16. The van der Waals surface area contributed by atoms with E-state index in [0.29, 0.717) is 28.9 Å². The Bertz CT molecular complexity index is 1060. The van der Waals surface area contributed by atoms with Crippen molar-refractivity contribution in [3.63, 3.8) is 0 Å². The summed E-state index contributed by atoms with van der Waals surface area (Å²) in [5.74, 6) is 1.70. The smallest absolute Gasteiger partial charge is 0.231 e. The zero-order chi connectivity index (χ0) is 20.5. The van der Waals surface area contributed by atoms with Crippen molar-refractivity contribution >= 4 is 11.6 Å². The second-order valence-corrected chi connectivity index (χ2v) is 8.14. The molecule has 6 nitrogen and oxygen atoms in total. The average Bonchev–Trinajstić information content (AvgIpc) is 3.24. The number of halogens is 2. The van der Waals surface area contributed by atoms with E-state index < -0.39 is 0 Å². The summed E-state index contributed by atoms with van der Waals surface area (Å²) >= 11 is 6.31. The first-order valence-corrected chi connectivity index (χ1v) is 10.4. The SMILES string of the molecule is Fc1cccc(-c2noc(C3CCCN(Cc4cc(Cl)cc5c4OCOC5)C3)n2)c1. The standard InChI is InChI=1S/C22H21ClFN3O3/c23-18-7-16(20-17(8-18)12-28-13-29-20)11-27-6-2-4-15(10-27)22-25-21(26-30-22)14-3-1-5-19(24)9-14/h1,3,5,7-9,15H,2,4,6,10-13H2. The molecule has 0 amide bonds. The summed E-state index contributed by atoms with van der Waals surface area (Å²) in [4.78, 5) is 6.89. The Labute approximate surface area is 178 Å². The lowest BCUT2D eigenvalue weighted by atomic mass is 9.97. The van der Waals surface area contributed by atoms with Crippen LogP contribution < -0.4 is 4.74 Å². The van der Waals surface area contributed by atoms with E-state index in [2.05, 4.69) is 15.0 Å². The highest BCUT2D eigenvalue weighted by Crippen LogP contribution is 2.34. The molecule has 0 saturated carbocycles. The number of fused-ring (bicyclic) bond motifs is 1. The largest absolute Gasteiger partial charge is 0.467 e. The van der Waals surface area contributed by atoms with Crippen LogP contribution in [0.15, 0.2) is 40.9 Å². The van der Waals surface area contributed by atoms with Crippen LogP contribution >= 0.6 is 11.6 Å². The molecule has 3 aromatic rings. The van der Waals surface area contributed by atoms with Crippen molar-refractivity contribution in [3.05, 3.63) is 64.3 Å². The Morgan fingerprint density at radius 2 is 2.17 bits per heavy atom. The van der Waals surface area contributed by atoms with Crippen LogP contribution in [0.25, 0.3) is 11.4 Å². The minimum Gasteiger partial charge on any atom is -0.467 e. The van der Waals surface area contributed by atoms with Crippen LogP contribution in [-0.2, 0) is 17.9 Å². The van der Waals surface area contributed by atoms with Crippen LogP contribution in [0, 0.1) is 5.82 Å². The third-order valence-electron chi connectivity index (χ3n) is 5.52. The molecule has 0 N–H and O–H groups in total. The van der Waals surface area contributed by atoms with Gasteiger partial charge in [-0.3, -0.25) is 4.90 Å². The van der Waals surface area contributed by atoms with Gasteiger partial charge in [0, 0.05) is 34.8 Å². The van der Waals surface area contributed by atoms with Crippen LogP contribution in [0.4, 0.5) is 4.39 Å². The van der Waals surface area contributed by atoms with Crippen LogP contribution in [0.2, 0.25) is 5.02 Å². The van der Waals surface area contributed by atoms with E-state index in [9.17, 15) is 4.39 Å². The van der Waals surface area contributed by atoms with E-state index in [1.807, 2.05) is 12.1 Å². The normalized spacial score (nSPS) is 19.3. The van der Waals surface area contributed by atoms with E-state index in [1.165, 1.54) is 12.1 Å². The number of aromatic nitrogens is 2. The van der Waals surface area contributed by atoms with Gasteiger partial charge in [0.25, 0.3) is 0 Å². The molecule has 2 aromatic carbocycles. The highest BCUT2D eigenvalue weighted by atomic mass is 35.5. The van der Waals surface area contributed by atoms with Crippen molar-refractivity contribution in [2.24, 2.45) is 0 Å². The first-order valence-electron chi connectivity index (χ1n) is 9.99. The lowest BCUT2D eigenvalue weighted by Gasteiger charge is -2.32. The second kappa shape index (κ2) is 8.34. The van der Waals surface area contributed by atoms with E-state index in [4.69, 9.17) is 25.6 Å². The van der Waals surface area contributed by atoms with E-state index in [0.717, 1.165) is 49.4 Å². The van der Waals surface area contributed by atoms with Crippen molar-refractivity contribution in [1.29, 1.82) is 0 Å². The van der Waals surface area contributed by atoms with Gasteiger partial charge in [-0.25, -0.2) is 4.39 Å². The Balaban J connectivity index is 1.32. The van der Waals surface area contributed by atoms with Gasteiger partial charge in [-0.1, -0.05) is 28.9 Å². The molecule has 1 saturated heterocycles. The number of hydrogen-bond acceptors (Lipinski definition) is 6. The first-order chi connectivity index (χ1) is 14.7. The van der Waals surface area contributed by atoms with Gasteiger partial charge in [0.1, 0.15) is 11.6 Å². The number of benzene rings is 2. The van der Waals surface area contributed by atoms with Crippen molar-refractivity contribution in [3.8, 4) is 17.1 Å². The minimum atomic E-state index is -0.319. The predicted molar refractivity (Wildman–Crippen MR) is 109 cm³/mol. The maximum absolute atomic E-state index is 13.5. The molecule has 156 valence electrons. The van der Waals surface area contributed by atoms with Gasteiger partial charge >= 0.3 is 0 Å². The summed E-state index contributed by atoms with van der Waals surface area (Å²) in [6.07, 6.45) is 1.99. The van der Waals surface area contributed by atoms with Gasteiger partial charge < -0.3 is 14.0 Å². The molecule has 1 aromatic heterocycles. The van der Waals surface area contributed by atoms with Gasteiger partial charge in [0.15, 0.2) is 6.79 Å². The number of hydrogen-bond donors (Lipinski definition) is 0. The number of likely N-dealkylation sites (tertiary alicyclic amines) is 1. The predicted octanol–water partition coefficient (Wildman–Crippen LogP) is 4.78. The molecule has 0 bridgehead atoms. The van der Waals surface area contributed by atoms with Crippen LogP contribution in [0.5, 0.6) is 5.75 Å². The van der Waals surface area contributed by atoms with Crippen LogP contribution in [0.1, 0.15) is 35.8 Å². The quantitative estimate of drug-likeness (QED) is 0.595. The van der Waals surface area contributed by atoms with Gasteiger partial charge in [-0.2, -0.15) is 4.98 Å². The summed E-state index contributed by atoms with van der Waals surface area (Å²) in [6.45, 7) is 3.26. The molecule has 2 aliphatic rings. The summed E-state index contributed by atoms with van der Waals surface area (Å²) in [6, 6.07) is 10.1. The van der Waals surface area contributed by atoms with E-state index in [-0.39, 0.29) is 18.5 Å². The third-order valence-corrected chi connectivity index (χ3v) is 5.74. The Morgan fingerprint density at radius 3 is 3.07 bits per heavy atom. The maximum Gasteiger partial charge on any atom is 0.231 e. The zero-order valence-corrected chi connectivity index (χ0v) is 17.1. The monoisotopic (exact) mass is 429 g/mol. The van der Waals surface area contributed by atoms with Crippen molar-refractivity contribution in [1.82, 2.24) is 15.0 Å². The summed E-state index contributed by atoms with van der Waals surface area (Å²) in [5.41, 5.74) is 2.66. The summed E-state index contributed by atoms with van der Waals surface area (Å²) in [5, 5.41) is 4.74. The second-order valence-electron chi connectivity index (χ2n) is 7.70. The van der Waals surface area contributed by atoms with Crippen molar-refractivity contribution < 1.29 is 18.4 Å². The fourth-order valence-corrected chi connectivity index (χ4v) is 4.43. The van der Waals surface area contributed by atoms with Gasteiger partial charge in [-0.05, 0) is 43.7 Å². The van der Waals surface area contributed by atoms with Crippen LogP contribution in [-0.4, -0.2) is 34.9 Å². The molecule has 1 unspecified atom stereocenters. The minimum absolute atomic E-state index is 0.132. The molecule has 0 spiro atoms. The van der Waals surface area contributed by atoms with E-state index in [1.54, 1.807) is 12.1 Å². The van der Waals surface area contributed by atoms with Gasteiger partial charge in [0.2, 0.25) is 11.7 Å². The van der Waals surface area contributed by atoms with Crippen molar-refractivity contribution in [2.75, 3.05) is 19.9 Å². The number of nitrogens with zero attached hydrogens (tertiary/aromatic N) is 3. The average molecular weight is 430 g/mol. The molecular weight excluding hydrogens is 409 g/mol. The van der Waals surface area contributed by atoms with Gasteiger partial charge in [-0.15, -0.1) is 0 Å². The molecule has 30 heavy (non-hydrogen) atoms. The molecule has 3 heterocycles. The van der Waals surface area contributed by atoms with Gasteiger partial charge in [0.05, 0.1) is 12.5 Å². The Morgan fingerprint density at radius 1 is 1.23 bits per heavy atom. The first kappa shape index (κ1) is 19.5. The number of ether oxygens (including phenoxy) is 2. The highest BCUT2D eigenvalue weighted by molar-refractivity contribution is 6.30. The lowest BCUT2D eigenvalue weighted by molar-refractivity contribution is -0.0175. The van der Waals surface area contributed by atoms with E-state index >= 15 is 0 Å².